The van der Waals surface area contributed by atoms with E-state index in [2.05, 4.69) is 35.2 Å². The quantitative estimate of drug-likeness (QED) is 0.400. The van der Waals surface area contributed by atoms with Crippen LogP contribution >= 0.6 is 0 Å². The summed E-state index contributed by atoms with van der Waals surface area (Å²) in [5.41, 5.74) is 0. The van der Waals surface area contributed by atoms with Crippen molar-refractivity contribution in [3.8, 4) is 12.0 Å². The maximum absolute atomic E-state index is 12.5. The number of hydrogen-bond acceptors (Lipinski definition) is 5. The van der Waals surface area contributed by atoms with Crippen molar-refractivity contribution in [1.82, 2.24) is 24.0 Å². The third-order valence-corrected chi connectivity index (χ3v) is 4.45. The van der Waals surface area contributed by atoms with E-state index in [0.717, 1.165) is 15.3 Å². The molecule has 1 amide bonds. The van der Waals surface area contributed by atoms with E-state index in [9.17, 15) is 13.2 Å². The van der Waals surface area contributed by atoms with E-state index >= 15 is 0 Å². The molecule has 0 aliphatic heterocycles. The zero-order chi connectivity index (χ0) is 18.2. The van der Waals surface area contributed by atoms with Gasteiger partial charge in [0, 0.05) is 25.7 Å². The fourth-order valence-electron chi connectivity index (χ4n) is 1.81. The Morgan fingerprint density at radius 3 is 2.50 bits per heavy atom. The molecule has 1 heterocycles. The van der Waals surface area contributed by atoms with Crippen molar-refractivity contribution in [2.45, 2.75) is 25.4 Å². The zero-order valence-electron chi connectivity index (χ0n) is 13.8. The molecule has 0 aliphatic rings. The lowest BCUT2D eigenvalue weighted by molar-refractivity contribution is 0.216. The normalized spacial score (nSPS) is 10.8. The summed E-state index contributed by atoms with van der Waals surface area (Å²) >= 11 is 0. The number of nitrogens with zero attached hydrogens (tertiary/aromatic N) is 5. The van der Waals surface area contributed by atoms with Gasteiger partial charge in [-0.05, 0) is 13.3 Å². The predicted octanol–water partition coefficient (Wildman–Crippen LogP) is 1.30. The lowest BCUT2D eigenvalue weighted by Crippen LogP contribution is -2.34. The number of aromatic nitrogens is 3. The first-order valence-electron chi connectivity index (χ1n) is 7.30. The van der Waals surface area contributed by atoms with Crippen LogP contribution in [0.5, 0.6) is 0 Å². The maximum atomic E-state index is 12.5. The monoisotopic (exact) mass is 351 g/mol. The van der Waals surface area contributed by atoms with Crippen molar-refractivity contribution in [2.75, 3.05) is 19.6 Å². The number of rotatable bonds is 8. The molecule has 0 fully saturated rings. The Kier molecular flexibility index (Phi) is 7.35. The molecule has 24 heavy (non-hydrogen) atoms. The van der Waals surface area contributed by atoms with Gasteiger partial charge in [0.05, 0.1) is 0 Å². The number of hydrogen-bond donors (Lipinski definition) is 0. The van der Waals surface area contributed by atoms with Gasteiger partial charge < -0.3 is 0 Å². The van der Waals surface area contributed by atoms with Gasteiger partial charge in [-0.2, -0.15) is 8.99 Å². The van der Waals surface area contributed by atoms with Crippen LogP contribution < -0.4 is 0 Å². The van der Waals surface area contributed by atoms with E-state index in [0.29, 0.717) is 13.0 Å². The van der Waals surface area contributed by atoms with Crippen molar-refractivity contribution in [1.29, 1.82) is 0 Å². The number of sulfonamides is 1. The average Bonchev–Trinajstić information content (AvgIpc) is 3.04. The minimum Gasteiger partial charge on any atom is -0.251 e. The van der Waals surface area contributed by atoms with Crippen molar-refractivity contribution in [2.24, 2.45) is 0 Å². The molecular formula is C15H21N5O3S. The second-order valence-corrected chi connectivity index (χ2v) is 6.50. The molecule has 0 aliphatic carbocycles. The summed E-state index contributed by atoms with van der Waals surface area (Å²) in [7, 11) is -3.95. The molecule has 0 aromatic carbocycles. The van der Waals surface area contributed by atoms with Gasteiger partial charge in [-0.3, -0.25) is 4.90 Å². The van der Waals surface area contributed by atoms with Crippen molar-refractivity contribution >= 4 is 16.1 Å². The van der Waals surface area contributed by atoms with Crippen LogP contribution in [-0.4, -0.2) is 58.1 Å². The third-order valence-electron chi connectivity index (χ3n) is 2.83. The van der Waals surface area contributed by atoms with Crippen LogP contribution in [0.25, 0.3) is 0 Å². The highest BCUT2D eigenvalue weighted by Gasteiger charge is 2.28. The van der Waals surface area contributed by atoms with Gasteiger partial charge in [-0.25, -0.2) is 18.2 Å². The molecule has 0 bridgehead atoms. The molecule has 0 atom stereocenters. The minimum absolute atomic E-state index is 0.0834. The second kappa shape index (κ2) is 9.00. The van der Waals surface area contributed by atoms with Crippen LogP contribution in [0.15, 0.2) is 36.8 Å². The summed E-state index contributed by atoms with van der Waals surface area (Å²) < 4.78 is 27.0. The summed E-state index contributed by atoms with van der Waals surface area (Å²) in [6, 6.07) is 2.10. The molecular weight excluding hydrogens is 330 g/mol. The highest BCUT2D eigenvalue weighted by Crippen LogP contribution is 2.11. The molecule has 8 nitrogen and oxygen atoms in total. The maximum Gasteiger partial charge on any atom is 0.357 e. The fourth-order valence-corrected chi connectivity index (χ4v) is 3.02. The lowest BCUT2D eigenvalue weighted by atomic mass is 10.4. The van der Waals surface area contributed by atoms with Crippen LogP contribution in [0.2, 0.25) is 0 Å². The number of amides is 1. The van der Waals surface area contributed by atoms with Crippen LogP contribution in [0.3, 0.4) is 0 Å². The molecule has 0 N–H and O–H groups in total. The molecule has 1 aromatic rings. The van der Waals surface area contributed by atoms with E-state index in [-0.39, 0.29) is 13.1 Å². The first kappa shape index (κ1) is 19.6. The predicted molar refractivity (Wildman–Crippen MR) is 90.4 cm³/mol. The van der Waals surface area contributed by atoms with Gasteiger partial charge in [0.15, 0.2) is 0 Å². The Bertz CT molecular complexity index is 748. The average molecular weight is 351 g/mol. The van der Waals surface area contributed by atoms with Gasteiger partial charge in [-0.1, -0.05) is 25.0 Å². The van der Waals surface area contributed by atoms with E-state index in [4.69, 9.17) is 0 Å². The van der Waals surface area contributed by atoms with Gasteiger partial charge in [-0.15, -0.1) is 18.3 Å². The highest BCUT2D eigenvalue weighted by molar-refractivity contribution is 7.89. The molecule has 1 aromatic heterocycles. The number of carbonyl (C=O) groups excluding carboxylic acids is 1. The van der Waals surface area contributed by atoms with E-state index < -0.39 is 21.2 Å². The molecule has 1 rings (SSSR count). The molecule has 0 radical (unpaired) electrons. The molecule has 0 spiro atoms. The van der Waals surface area contributed by atoms with Crippen LogP contribution in [0, 0.1) is 12.0 Å². The Balaban J connectivity index is 3.13. The Morgan fingerprint density at radius 1 is 1.38 bits per heavy atom. The third kappa shape index (κ3) is 4.53. The summed E-state index contributed by atoms with van der Waals surface area (Å²) in [6.07, 6.45) is 4.66. The SMILES string of the molecule is C=CCN(CC=C)S(=O)(=O)c1ncn(C(=O)N(C#CC)CCC)n1. The van der Waals surface area contributed by atoms with E-state index in [1.54, 1.807) is 6.92 Å². The smallest absolute Gasteiger partial charge is 0.251 e. The number of carbonyl (C=O) groups is 1. The highest BCUT2D eigenvalue weighted by atomic mass is 32.2. The van der Waals surface area contributed by atoms with Gasteiger partial charge >= 0.3 is 6.03 Å². The Hall–Kier alpha value is -2.44. The topological polar surface area (TPSA) is 88.4 Å². The van der Waals surface area contributed by atoms with Gasteiger partial charge in [0.25, 0.3) is 15.2 Å². The Morgan fingerprint density at radius 2 is 2.00 bits per heavy atom. The van der Waals surface area contributed by atoms with Crippen LogP contribution in [0.1, 0.15) is 20.3 Å². The van der Waals surface area contributed by atoms with Crippen molar-refractivity contribution < 1.29 is 13.2 Å². The van der Waals surface area contributed by atoms with Crippen molar-refractivity contribution in [3.05, 3.63) is 31.6 Å². The fraction of sp³-hybridized carbons (Fsp3) is 0.400. The molecule has 0 saturated carbocycles. The van der Waals surface area contributed by atoms with Crippen LogP contribution in [-0.2, 0) is 10.0 Å². The lowest BCUT2D eigenvalue weighted by Gasteiger charge is -2.16. The summed E-state index contributed by atoms with van der Waals surface area (Å²) in [4.78, 5) is 17.3. The Labute approximate surface area is 142 Å². The van der Waals surface area contributed by atoms with Gasteiger partial charge in [0.2, 0.25) is 0 Å². The summed E-state index contributed by atoms with van der Waals surface area (Å²) in [6.45, 7) is 11.1. The molecule has 0 unspecified atom stereocenters. The standard InChI is InChI=1S/C15H21N5O3S/c1-5-9-18(10-6-2)15(21)20-13-16-14(17-20)24(22,23)19(11-7-3)12-8-4/h7-8,13H,3-5,9,11-12H2,1-2H3. The van der Waals surface area contributed by atoms with Crippen molar-refractivity contribution in [3.63, 3.8) is 0 Å². The van der Waals surface area contributed by atoms with E-state index in [1.807, 2.05) is 6.92 Å². The molecule has 9 heteroatoms. The van der Waals surface area contributed by atoms with Crippen LogP contribution in [0.4, 0.5) is 4.79 Å². The largest absolute Gasteiger partial charge is 0.357 e. The van der Waals surface area contributed by atoms with E-state index in [1.165, 1.54) is 17.1 Å². The summed E-state index contributed by atoms with van der Waals surface area (Å²) in [5, 5.41) is 3.34. The second-order valence-electron chi connectivity index (χ2n) is 4.67. The zero-order valence-corrected chi connectivity index (χ0v) is 14.7. The molecule has 0 saturated heterocycles. The first-order valence-corrected chi connectivity index (χ1v) is 8.74. The molecule has 130 valence electrons. The van der Waals surface area contributed by atoms with Gasteiger partial charge in [0.1, 0.15) is 6.33 Å². The minimum atomic E-state index is -3.95. The first-order chi connectivity index (χ1) is 11.4. The summed E-state index contributed by atoms with van der Waals surface area (Å²) in [5.74, 6) is 2.64.